The molecule has 1 saturated heterocycles. The topological polar surface area (TPSA) is 81.8 Å². The molecule has 6 rings (SSSR count). The first-order valence-corrected chi connectivity index (χ1v) is 14.9. The molecule has 1 amide bonds. The van der Waals surface area contributed by atoms with E-state index in [9.17, 15) is 4.79 Å². The Morgan fingerprint density at radius 3 is 2.76 bits per heavy atom. The molecule has 2 atom stereocenters. The van der Waals surface area contributed by atoms with E-state index < -0.39 is 0 Å². The molecule has 7 nitrogen and oxygen atoms in total. The molecule has 2 unspecified atom stereocenters. The maximum Gasteiger partial charge on any atom is 0.217 e. The monoisotopic (exact) mass is 531 g/mol. The minimum atomic E-state index is 0.0666. The van der Waals surface area contributed by atoms with Gasteiger partial charge < -0.3 is 25.3 Å². The van der Waals surface area contributed by atoms with Crippen molar-refractivity contribution in [2.75, 3.05) is 30.7 Å². The van der Waals surface area contributed by atoms with Gasteiger partial charge in [-0.15, -0.1) is 11.8 Å². The van der Waals surface area contributed by atoms with Gasteiger partial charge in [0.15, 0.2) is 0 Å². The number of aromatic nitrogens is 1. The van der Waals surface area contributed by atoms with Crippen LogP contribution in [0.4, 0.5) is 5.69 Å². The van der Waals surface area contributed by atoms with Crippen molar-refractivity contribution in [1.29, 1.82) is 0 Å². The lowest BCUT2D eigenvalue weighted by atomic mass is 10.1. The van der Waals surface area contributed by atoms with Crippen LogP contribution in [0.5, 0.6) is 11.5 Å². The number of likely N-dealkylation sites (tertiary alicyclic amines) is 1. The molecule has 2 fully saturated rings. The summed E-state index contributed by atoms with van der Waals surface area (Å²) >= 11 is 1.85. The molecule has 1 aliphatic carbocycles. The number of benzene rings is 2. The van der Waals surface area contributed by atoms with Gasteiger partial charge in [0.25, 0.3) is 0 Å². The van der Waals surface area contributed by atoms with Gasteiger partial charge in [-0.2, -0.15) is 0 Å². The molecule has 0 spiro atoms. The Labute approximate surface area is 228 Å². The molecule has 2 aromatic carbocycles. The van der Waals surface area contributed by atoms with Crippen molar-refractivity contribution in [3.63, 3.8) is 0 Å². The van der Waals surface area contributed by atoms with E-state index in [0.29, 0.717) is 18.1 Å². The number of aromatic amines is 1. The Bertz CT molecular complexity index is 1300. The molecule has 1 saturated carbocycles. The Morgan fingerprint density at radius 1 is 1.11 bits per heavy atom. The summed E-state index contributed by atoms with van der Waals surface area (Å²) in [5.41, 5.74) is 3.32. The number of thioether (sulfide) groups is 1. The van der Waals surface area contributed by atoms with E-state index in [2.05, 4.69) is 38.7 Å². The van der Waals surface area contributed by atoms with E-state index in [0.717, 1.165) is 77.1 Å². The molecule has 3 aromatic rings. The minimum absolute atomic E-state index is 0.0666. The number of H-pyrrole nitrogens is 1. The fraction of sp³-hybridized carbons (Fsp3) is 0.467. The van der Waals surface area contributed by atoms with E-state index in [-0.39, 0.29) is 5.91 Å². The van der Waals surface area contributed by atoms with Crippen LogP contribution in [-0.4, -0.2) is 64.3 Å². The van der Waals surface area contributed by atoms with Crippen LogP contribution < -0.4 is 15.4 Å². The zero-order chi connectivity index (χ0) is 25.9. The molecular formula is C30H37N5O2S. The summed E-state index contributed by atoms with van der Waals surface area (Å²) in [4.78, 5) is 22.6. The normalized spacial score (nSPS) is 22.2. The number of aliphatic imine (C=N–C) groups is 1. The zero-order valence-electron chi connectivity index (χ0n) is 22.0. The SMILES string of the molecule is CC(=O)NC1CCN(CCC2CSC(c3cc4cc(Oc5ccccc5)cc(NC5CCCC5)c4[nH]3)=N2)C1. The number of hydrogen-bond donors (Lipinski definition) is 3. The molecule has 3 heterocycles. The van der Waals surface area contributed by atoms with Crippen molar-refractivity contribution in [2.24, 2.45) is 4.99 Å². The van der Waals surface area contributed by atoms with Gasteiger partial charge in [-0.1, -0.05) is 31.0 Å². The number of ether oxygens (including phenoxy) is 1. The summed E-state index contributed by atoms with van der Waals surface area (Å²) in [5, 5.41) is 9.09. The number of fused-ring (bicyclic) bond motifs is 1. The first-order chi connectivity index (χ1) is 18.6. The number of carbonyl (C=O) groups is 1. The van der Waals surface area contributed by atoms with E-state index in [4.69, 9.17) is 9.73 Å². The van der Waals surface area contributed by atoms with Crippen LogP contribution in [0.1, 0.15) is 51.1 Å². The summed E-state index contributed by atoms with van der Waals surface area (Å²) in [5.74, 6) is 2.77. The Morgan fingerprint density at radius 2 is 1.95 bits per heavy atom. The third-order valence-corrected chi connectivity index (χ3v) is 8.95. The number of rotatable bonds is 9. The van der Waals surface area contributed by atoms with Gasteiger partial charge in [0.05, 0.1) is 22.9 Å². The summed E-state index contributed by atoms with van der Waals surface area (Å²) in [6.45, 7) is 4.62. The average molecular weight is 532 g/mol. The van der Waals surface area contributed by atoms with Gasteiger partial charge in [0.2, 0.25) is 5.91 Å². The first kappa shape index (κ1) is 25.3. The molecule has 0 radical (unpaired) electrons. The van der Waals surface area contributed by atoms with Crippen molar-refractivity contribution in [3.05, 3.63) is 54.2 Å². The van der Waals surface area contributed by atoms with Crippen molar-refractivity contribution >= 4 is 39.3 Å². The average Bonchev–Trinajstić information content (AvgIpc) is 3.70. The summed E-state index contributed by atoms with van der Waals surface area (Å²) in [6.07, 6.45) is 7.09. The lowest BCUT2D eigenvalue weighted by molar-refractivity contribution is -0.119. The van der Waals surface area contributed by atoms with Crippen LogP contribution in [0.2, 0.25) is 0 Å². The lowest BCUT2D eigenvalue weighted by Gasteiger charge is -2.17. The molecule has 8 heteroatoms. The van der Waals surface area contributed by atoms with Crippen LogP contribution in [0, 0.1) is 0 Å². The Hall–Kier alpha value is -2.97. The maximum atomic E-state index is 11.4. The number of hydrogen-bond acceptors (Lipinski definition) is 6. The van der Waals surface area contributed by atoms with Crippen LogP contribution in [0.25, 0.3) is 10.9 Å². The second kappa shape index (κ2) is 11.4. The third kappa shape index (κ3) is 6.02. The van der Waals surface area contributed by atoms with Crippen molar-refractivity contribution in [3.8, 4) is 11.5 Å². The number of para-hydroxylation sites is 1. The van der Waals surface area contributed by atoms with Gasteiger partial charge in [0, 0.05) is 55.8 Å². The molecule has 0 bridgehead atoms. The highest BCUT2D eigenvalue weighted by atomic mass is 32.2. The van der Waals surface area contributed by atoms with Crippen LogP contribution >= 0.6 is 11.8 Å². The lowest BCUT2D eigenvalue weighted by Crippen LogP contribution is -2.36. The molecule has 3 aliphatic rings. The van der Waals surface area contributed by atoms with Crippen LogP contribution in [0.3, 0.4) is 0 Å². The third-order valence-electron chi connectivity index (χ3n) is 7.80. The molecule has 3 N–H and O–H groups in total. The van der Waals surface area contributed by atoms with Gasteiger partial charge in [0.1, 0.15) is 16.5 Å². The van der Waals surface area contributed by atoms with Gasteiger partial charge >= 0.3 is 0 Å². The van der Waals surface area contributed by atoms with E-state index >= 15 is 0 Å². The number of nitrogens with zero attached hydrogens (tertiary/aromatic N) is 2. The molecule has 2 aliphatic heterocycles. The van der Waals surface area contributed by atoms with Crippen molar-refractivity contribution < 1.29 is 9.53 Å². The fourth-order valence-electron chi connectivity index (χ4n) is 5.90. The van der Waals surface area contributed by atoms with Crippen LogP contribution in [0.15, 0.2) is 53.5 Å². The Balaban J connectivity index is 1.17. The predicted molar refractivity (Wildman–Crippen MR) is 157 cm³/mol. The van der Waals surface area contributed by atoms with E-state index in [1.807, 2.05) is 42.1 Å². The number of carbonyl (C=O) groups excluding carboxylic acids is 1. The second-order valence-corrected chi connectivity index (χ2v) is 11.8. The van der Waals surface area contributed by atoms with Crippen LogP contribution in [-0.2, 0) is 4.79 Å². The number of amides is 1. The van der Waals surface area contributed by atoms with Crippen molar-refractivity contribution in [1.82, 2.24) is 15.2 Å². The van der Waals surface area contributed by atoms with Gasteiger partial charge in [-0.3, -0.25) is 9.79 Å². The predicted octanol–water partition coefficient (Wildman–Crippen LogP) is 5.78. The van der Waals surface area contributed by atoms with E-state index in [1.165, 1.54) is 25.7 Å². The number of anilines is 1. The van der Waals surface area contributed by atoms with Gasteiger partial charge in [-0.25, -0.2) is 0 Å². The van der Waals surface area contributed by atoms with E-state index in [1.54, 1.807) is 6.92 Å². The molecule has 200 valence electrons. The smallest absolute Gasteiger partial charge is 0.217 e. The van der Waals surface area contributed by atoms with Crippen molar-refractivity contribution in [2.45, 2.75) is 63.6 Å². The summed E-state index contributed by atoms with van der Waals surface area (Å²) < 4.78 is 6.24. The maximum absolute atomic E-state index is 11.4. The minimum Gasteiger partial charge on any atom is -0.457 e. The highest BCUT2D eigenvalue weighted by Crippen LogP contribution is 2.36. The second-order valence-electron chi connectivity index (χ2n) is 10.8. The quantitative estimate of drug-likeness (QED) is 0.326. The summed E-state index contributed by atoms with van der Waals surface area (Å²) in [7, 11) is 0. The molecule has 1 aromatic heterocycles. The molecular weight excluding hydrogens is 494 g/mol. The highest BCUT2D eigenvalue weighted by molar-refractivity contribution is 8.14. The van der Waals surface area contributed by atoms with Gasteiger partial charge in [-0.05, 0) is 49.9 Å². The first-order valence-electron chi connectivity index (χ1n) is 14.0. The largest absolute Gasteiger partial charge is 0.457 e. The number of nitrogens with one attached hydrogen (secondary N) is 3. The highest BCUT2D eigenvalue weighted by Gasteiger charge is 2.26. The zero-order valence-corrected chi connectivity index (χ0v) is 22.9. The molecule has 38 heavy (non-hydrogen) atoms. The fourth-order valence-corrected chi connectivity index (χ4v) is 6.98. The standard InChI is InChI=1S/C30H37N5O2S/c1-20(36)31-23-11-13-35(18-23)14-12-24-19-38-30(33-24)28-16-21-15-26(37-25-9-3-2-4-10-25)17-27(29(21)34-28)32-22-7-5-6-8-22/h2-4,9-10,15-17,22-24,32,34H,5-8,11-14,18-19H2,1H3,(H,31,36). The summed E-state index contributed by atoms with van der Waals surface area (Å²) in [6, 6.07) is 17.6. The Kier molecular flexibility index (Phi) is 7.60.